The number of hydrogen-bond acceptors (Lipinski definition) is 3. The van der Waals surface area contributed by atoms with Crippen molar-refractivity contribution >= 4 is 23.5 Å². The Morgan fingerprint density at radius 1 is 0.852 bits per heavy atom. The molecule has 0 radical (unpaired) electrons. The van der Waals surface area contributed by atoms with Crippen LogP contribution >= 0.6 is 0 Å². The normalized spacial score (nSPS) is 10.6. The van der Waals surface area contributed by atoms with Crippen molar-refractivity contribution in [2.24, 2.45) is 0 Å². The summed E-state index contributed by atoms with van der Waals surface area (Å²) >= 11 is 0. The summed E-state index contributed by atoms with van der Waals surface area (Å²) in [5.74, 6) is 1.19. The number of Topliss-reactive ketones (excluding diaryl/α,β-unsaturated/α-hetero) is 1. The Morgan fingerprint density at radius 2 is 1.56 bits per heavy atom. The monoisotopic (exact) mass is 357 g/mol. The molecule has 1 N–H and O–H groups in total. The number of ketones is 1. The fourth-order valence-electron chi connectivity index (χ4n) is 2.45. The van der Waals surface area contributed by atoms with Gasteiger partial charge in [0, 0.05) is 17.3 Å². The lowest BCUT2D eigenvalue weighted by atomic mass is 10.1. The SMILES string of the molecule is CC(=O)c1ccc(NC(=O)/C=C/c2cccc(Oc3ccccc3)c2)cc1. The van der Waals surface area contributed by atoms with E-state index in [0.717, 1.165) is 11.3 Å². The summed E-state index contributed by atoms with van der Waals surface area (Å²) in [5, 5.41) is 2.76. The van der Waals surface area contributed by atoms with Gasteiger partial charge in [-0.15, -0.1) is 0 Å². The van der Waals surface area contributed by atoms with Gasteiger partial charge in [0.05, 0.1) is 0 Å². The maximum atomic E-state index is 12.1. The minimum atomic E-state index is -0.250. The van der Waals surface area contributed by atoms with Gasteiger partial charge >= 0.3 is 0 Å². The molecule has 0 aromatic heterocycles. The fourth-order valence-corrected chi connectivity index (χ4v) is 2.45. The summed E-state index contributed by atoms with van der Waals surface area (Å²) < 4.78 is 5.79. The smallest absolute Gasteiger partial charge is 0.248 e. The first-order chi connectivity index (χ1) is 13.1. The Hall–Kier alpha value is -3.66. The van der Waals surface area contributed by atoms with E-state index in [9.17, 15) is 9.59 Å². The van der Waals surface area contributed by atoms with Crippen molar-refractivity contribution in [2.45, 2.75) is 6.92 Å². The molecule has 0 saturated carbocycles. The first-order valence-electron chi connectivity index (χ1n) is 8.53. The van der Waals surface area contributed by atoms with E-state index in [1.165, 1.54) is 13.0 Å². The lowest BCUT2D eigenvalue weighted by molar-refractivity contribution is -0.111. The molecule has 0 spiro atoms. The maximum absolute atomic E-state index is 12.1. The second-order valence-corrected chi connectivity index (χ2v) is 5.94. The van der Waals surface area contributed by atoms with Gasteiger partial charge in [-0.05, 0) is 67.1 Å². The minimum absolute atomic E-state index is 0.00891. The standard InChI is InChI=1S/C23H19NO3/c1-17(25)19-11-13-20(14-12-19)24-23(26)15-10-18-6-5-9-22(16-18)27-21-7-3-2-4-8-21/h2-16H,1H3,(H,24,26)/b15-10+. The van der Waals surface area contributed by atoms with Crippen LogP contribution in [0.2, 0.25) is 0 Å². The van der Waals surface area contributed by atoms with Gasteiger partial charge in [0.1, 0.15) is 11.5 Å². The van der Waals surface area contributed by atoms with Gasteiger partial charge in [0.15, 0.2) is 5.78 Å². The van der Waals surface area contributed by atoms with Crippen LogP contribution in [0.5, 0.6) is 11.5 Å². The van der Waals surface area contributed by atoms with E-state index in [2.05, 4.69) is 5.32 Å². The lowest BCUT2D eigenvalue weighted by Crippen LogP contribution is -2.07. The van der Waals surface area contributed by atoms with Gasteiger partial charge in [-0.2, -0.15) is 0 Å². The van der Waals surface area contributed by atoms with Gasteiger partial charge < -0.3 is 10.1 Å². The van der Waals surface area contributed by atoms with Crippen LogP contribution in [0.4, 0.5) is 5.69 Å². The topological polar surface area (TPSA) is 55.4 Å². The van der Waals surface area contributed by atoms with Crippen LogP contribution in [-0.4, -0.2) is 11.7 Å². The molecule has 0 bridgehead atoms. The van der Waals surface area contributed by atoms with Gasteiger partial charge in [0.25, 0.3) is 0 Å². The van der Waals surface area contributed by atoms with Crippen LogP contribution in [0.1, 0.15) is 22.8 Å². The molecule has 0 aliphatic heterocycles. The van der Waals surface area contributed by atoms with E-state index in [-0.39, 0.29) is 11.7 Å². The van der Waals surface area contributed by atoms with Gasteiger partial charge in [-0.3, -0.25) is 9.59 Å². The summed E-state index contributed by atoms with van der Waals surface area (Å²) in [5.41, 5.74) is 2.10. The molecule has 0 heterocycles. The molecule has 3 rings (SSSR count). The van der Waals surface area contributed by atoms with Gasteiger partial charge in [-0.25, -0.2) is 0 Å². The molecule has 4 nitrogen and oxygen atoms in total. The number of nitrogens with one attached hydrogen (secondary N) is 1. The minimum Gasteiger partial charge on any atom is -0.457 e. The van der Waals surface area contributed by atoms with Gasteiger partial charge in [-0.1, -0.05) is 30.3 Å². The van der Waals surface area contributed by atoms with E-state index in [1.54, 1.807) is 30.3 Å². The van der Waals surface area contributed by atoms with E-state index in [0.29, 0.717) is 17.0 Å². The van der Waals surface area contributed by atoms with Crippen LogP contribution < -0.4 is 10.1 Å². The Kier molecular flexibility index (Phi) is 5.80. The molecule has 4 heteroatoms. The highest BCUT2D eigenvalue weighted by atomic mass is 16.5. The fraction of sp³-hybridized carbons (Fsp3) is 0.0435. The Labute approximate surface area is 158 Å². The largest absolute Gasteiger partial charge is 0.457 e. The van der Waals surface area contributed by atoms with Gasteiger partial charge in [0.2, 0.25) is 5.91 Å². The summed E-state index contributed by atoms with van der Waals surface area (Å²) in [7, 11) is 0. The quantitative estimate of drug-likeness (QED) is 0.479. The molecule has 1 amide bonds. The average molecular weight is 357 g/mol. The summed E-state index contributed by atoms with van der Waals surface area (Å²) in [6.07, 6.45) is 3.18. The first kappa shape index (κ1) is 18.1. The van der Waals surface area contributed by atoms with Crippen molar-refractivity contribution in [1.82, 2.24) is 0 Å². The van der Waals surface area contributed by atoms with Crippen molar-refractivity contribution in [3.63, 3.8) is 0 Å². The number of amides is 1. The van der Waals surface area contributed by atoms with Crippen molar-refractivity contribution in [3.8, 4) is 11.5 Å². The Morgan fingerprint density at radius 3 is 2.26 bits per heavy atom. The number of ether oxygens (including phenoxy) is 1. The zero-order chi connectivity index (χ0) is 19.1. The summed E-state index contributed by atoms with van der Waals surface area (Å²) in [6, 6.07) is 23.8. The number of para-hydroxylation sites is 1. The van der Waals surface area contributed by atoms with E-state index >= 15 is 0 Å². The van der Waals surface area contributed by atoms with Crippen molar-refractivity contribution in [2.75, 3.05) is 5.32 Å². The van der Waals surface area contributed by atoms with Crippen LogP contribution in [-0.2, 0) is 4.79 Å². The third-order valence-electron chi connectivity index (χ3n) is 3.82. The van der Waals surface area contributed by atoms with Crippen LogP contribution in [0.15, 0.2) is 84.9 Å². The molecule has 27 heavy (non-hydrogen) atoms. The Balaban J connectivity index is 1.62. The van der Waals surface area contributed by atoms with Crippen molar-refractivity contribution in [3.05, 3.63) is 96.1 Å². The highest BCUT2D eigenvalue weighted by Crippen LogP contribution is 2.22. The number of anilines is 1. The molecular weight excluding hydrogens is 338 g/mol. The maximum Gasteiger partial charge on any atom is 0.248 e. The van der Waals surface area contributed by atoms with Crippen molar-refractivity contribution in [1.29, 1.82) is 0 Å². The number of carbonyl (C=O) groups is 2. The molecule has 0 saturated heterocycles. The molecule has 0 fully saturated rings. The summed E-state index contributed by atoms with van der Waals surface area (Å²) in [4.78, 5) is 23.4. The predicted molar refractivity (Wildman–Crippen MR) is 107 cm³/mol. The second kappa shape index (κ2) is 8.63. The molecule has 0 aliphatic rings. The molecule has 0 aliphatic carbocycles. The number of benzene rings is 3. The molecule has 0 unspecified atom stereocenters. The highest BCUT2D eigenvalue weighted by molar-refractivity contribution is 6.02. The molecular formula is C23H19NO3. The zero-order valence-electron chi connectivity index (χ0n) is 14.9. The Bertz CT molecular complexity index is 960. The zero-order valence-corrected chi connectivity index (χ0v) is 14.9. The number of carbonyl (C=O) groups excluding carboxylic acids is 2. The highest BCUT2D eigenvalue weighted by Gasteiger charge is 2.02. The van der Waals surface area contributed by atoms with E-state index < -0.39 is 0 Å². The molecule has 3 aromatic carbocycles. The second-order valence-electron chi connectivity index (χ2n) is 5.94. The average Bonchev–Trinajstić information content (AvgIpc) is 2.68. The predicted octanol–water partition coefficient (Wildman–Crippen LogP) is 5.33. The third-order valence-corrected chi connectivity index (χ3v) is 3.82. The number of hydrogen-bond donors (Lipinski definition) is 1. The lowest BCUT2D eigenvalue weighted by Gasteiger charge is -2.06. The molecule has 0 atom stereocenters. The van der Waals surface area contributed by atoms with E-state index in [1.807, 2.05) is 54.6 Å². The van der Waals surface area contributed by atoms with E-state index in [4.69, 9.17) is 4.74 Å². The third kappa shape index (κ3) is 5.41. The molecule has 3 aromatic rings. The molecule has 134 valence electrons. The van der Waals surface area contributed by atoms with Crippen LogP contribution in [0.25, 0.3) is 6.08 Å². The van der Waals surface area contributed by atoms with Crippen LogP contribution in [0, 0.1) is 0 Å². The van der Waals surface area contributed by atoms with Crippen molar-refractivity contribution < 1.29 is 14.3 Å². The van der Waals surface area contributed by atoms with Crippen LogP contribution in [0.3, 0.4) is 0 Å². The summed E-state index contributed by atoms with van der Waals surface area (Å²) in [6.45, 7) is 1.51. The number of rotatable bonds is 6. The first-order valence-corrected chi connectivity index (χ1v) is 8.53.